The fourth-order valence-corrected chi connectivity index (χ4v) is 3.13. The van der Waals surface area contributed by atoms with Crippen LogP contribution in [0.2, 0.25) is 0 Å². The summed E-state index contributed by atoms with van der Waals surface area (Å²) in [5.41, 5.74) is 2.84. The molecule has 0 bridgehead atoms. The van der Waals surface area contributed by atoms with Crippen LogP contribution in [0.15, 0.2) is 47.8 Å². The van der Waals surface area contributed by atoms with E-state index < -0.39 is 11.6 Å². The molecular formula is C16H9F2N3S. The van der Waals surface area contributed by atoms with Crippen LogP contribution in [0.4, 0.5) is 8.78 Å². The maximum atomic E-state index is 13.3. The quantitative estimate of drug-likeness (QED) is 0.586. The van der Waals surface area contributed by atoms with Crippen LogP contribution in [-0.2, 0) is 0 Å². The molecule has 0 unspecified atom stereocenters. The number of nitrogens with zero attached hydrogens (tertiary/aromatic N) is 2. The van der Waals surface area contributed by atoms with E-state index in [-0.39, 0.29) is 0 Å². The van der Waals surface area contributed by atoms with Crippen molar-refractivity contribution < 1.29 is 8.78 Å². The molecule has 2 aromatic carbocycles. The Morgan fingerprint density at radius 3 is 2.73 bits per heavy atom. The van der Waals surface area contributed by atoms with Crippen molar-refractivity contribution in [3.05, 3.63) is 59.5 Å². The van der Waals surface area contributed by atoms with E-state index >= 15 is 0 Å². The summed E-state index contributed by atoms with van der Waals surface area (Å²) in [6, 6.07) is 11.5. The van der Waals surface area contributed by atoms with E-state index in [0.717, 1.165) is 33.7 Å². The molecule has 22 heavy (non-hydrogen) atoms. The van der Waals surface area contributed by atoms with Gasteiger partial charge in [0.15, 0.2) is 11.6 Å². The van der Waals surface area contributed by atoms with Crippen molar-refractivity contribution >= 4 is 22.2 Å². The number of rotatable bonds is 2. The van der Waals surface area contributed by atoms with Gasteiger partial charge in [0.05, 0.1) is 11.2 Å². The number of thiazole rings is 1. The summed E-state index contributed by atoms with van der Waals surface area (Å²) < 4.78 is 26.3. The van der Waals surface area contributed by atoms with E-state index in [1.54, 1.807) is 0 Å². The van der Waals surface area contributed by atoms with Crippen molar-refractivity contribution in [2.24, 2.45) is 0 Å². The van der Waals surface area contributed by atoms with Gasteiger partial charge in [-0.2, -0.15) is 5.10 Å². The molecule has 0 aliphatic carbocycles. The van der Waals surface area contributed by atoms with Crippen LogP contribution in [0, 0.1) is 11.6 Å². The van der Waals surface area contributed by atoms with Crippen molar-refractivity contribution in [1.29, 1.82) is 0 Å². The summed E-state index contributed by atoms with van der Waals surface area (Å²) in [6.07, 6.45) is 0. The van der Waals surface area contributed by atoms with Crippen LogP contribution in [0.25, 0.3) is 32.9 Å². The number of fused-ring (bicyclic) bond motifs is 1. The Labute approximate surface area is 128 Å². The summed E-state index contributed by atoms with van der Waals surface area (Å²) in [6.45, 7) is 0. The summed E-state index contributed by atoms with van der Waals surface area (Å²) in [5.74, 6) is -1.74. The van der Waals surface area contributed by atoms with Crippen LogP contribution in [0.5, 0.6) is 0 Å². The first kappa shape index (κ1) is 13.1. The van der Waals surface area contributed by atoms with Crippen molar-refractivity contribution in [2.75, 3.05) is 0 Å². The summed E-state index contributed by atoms with van der Waals surface area (Å²) in [5, 5.41) is 10.8. The average molecular weight is 313 g/mol. The molecule has 6 heteroatoms. The molecule has 0 spiro atoms. The lowest BCUT2D eigenvalue weighted by molar-refractivity contribution is 0.509. The fourth-order valence-electron chi connectivity index (χ4n) is 2.30. The molecule has 4 aromatic rings. The first-order valence-electron chi connectivity index (χ1n) is 6.57. The Bertz CT molecular complexity index is 974. The molecule has 0 radical (unpaired) electrons. The van der Waals surface area contributed by atoms with Gasteiger partial charge in [0.2, 0.25) is 0 Å². The zero-order chi connectivity index (χ0) is 15.1. The Morgan fingerprint density at radius 2 is 1.86 bits per heavy atom. The third-order valence-electron chi connectivity index (χ3n) is 3.39. The zero-order valence-corrected chi connectivity index (χ0v) is 12.0. The first-order chi connectivity index (χ1) is 10.7. The number of nitrogens with one attached hydrogen (secondary N) is 1. The van der Waals surface area contributed by atoms with Gasteiger partial charge in [-0.1, -0.05) is 18.2 Å². The number of benzene rings is 2. The van der Waals surface area contributed by atoms with Gasteiger partial charge in [0.1, 0.15) is 10.7 Å². The first-order valence-corrected chi connectivity index (χ1v) is 7.45. The van der Waals surface area contributed by atoms with Crippen LogP contribution < -0.4 is 0 Å². The molecule has 3 nitrogen and oxygen atoms in total. The second-order valence-corrected chi connectivity index (χ2v) is 5.64. The van der Waals surface area contributed by atoms with Crippen LogP contribution in [0.1, 0.15) is 0 Å². The predicted molar refractivity (Wildman–Crippen MR) is 82.6 cm³/mol. The van der Waals surface area contributed by atoms with Gasteiger partial charge in [0.25, 0.3) is 0 Å². The second-order valence-electron chi connectivity index (χ2n) is 4.78. The maximum absolute atomic E-state index is 13.3. The Morgan fingerprint density at radius 1 is 1.00 bits per heavy atom. The maximum Gasteiger partial charge on any atom is 0.159 e. The van der Waals surface area contributed by atoms with Gasteiger partial charge in [-0.15, -0.1) is 11.3 Å². The predicted octanol–water partition coefficient (Wildman–Crippen LogP) is 4.63. The number of para-hydroxylation sites is 1. The van der Waals surface area contributed by atoms with Crippen molar-refractivity contribution in [1.82, 2.24) is 15.2 Å². The highest BCUT2D eigenvalue weighted by Gasteiger charge is 2.13. The summed E-state index contributed by atoms with van der Waals surface area (Å²) in [4.78, 5) is 4.49. The van der Waals surface area contributed by atoms with Gasteiger partial charge >= 0.3 is 0 Å². The normalized spacial score (nSPS) is 11.2. The van der Waals surface area contributed by atoms with Crippen molar-refractivity contribution in [3.63, 3.8) is 0 Å². The standard InChI is InChI=1S/C16H9F2N3S/c17-11-6-5-9(7-12(11)18)14-8-22-16(19-14)15-10-3-1-2-4-13(10)20-21-15/h1-8H,(H,20,21). The molecule has 1 N–H and O–H groups in total. The minimum atomic E-state index is -0.878. The zero-order valence-electron chi connectivity index (χ0n) is 11.2. The molecular weight excluding hydrogens is 304 g/mol. The molecule has 2 heterocycles. The summed E-state index contributed by atoms with van der Waals surface area (Å²) in [7, 11) is 0. The highest BCUT2D eigenvalue weighted by molar-refractivity contribution is 7.13. The monoisotopic (exact) mass is 313 g/mol. The Balaban J connectivity index is 1.79. The molecule has 4 rings (SSSR count). The number of H-pyrrole nitrogens is 1. The van der Waals surface area contributed by atoms with Crippen molar-refractivity contribution in [3.8, 4) is 22.0 Å². The van der Waals surface area contributed by atoms with E-state index in [1.165, 1.54) is 17.4 Å². The number of aromatic amines is 1. The Kier molecular flexibility index (Phi) is 2.97. The van der Waals surface area contributed by atoms with E-state index in [0.29, 0.717) is 11.3 Å². The minimum absolute atomic E-state index is 0.543. The van der Waals surface area contributed by atoms with E-state index in [4.69, 9.17) is 0 Å². The number of hydrogen-bond acceptors (Lipinski definition) is 3. The Hall–Kier alpha value is -2.60. The number of hydrogen-bond donors (Lipinski definition) is 1. The van der Waals surface area contributed by atoms with Gasteiger partial charge in [0, 0.05) is 16.3 Å². The highest BCUT2D eigenvalue weighted by Crippen LogP contribution is 2.32. The second kappa shape index (κ2) is 4.99. The fraction of sp³-hybridized carbons (Fsp3) is 0. The minimum Gasteiger partial charge on any atom is -0.277 e. The molecule has 0 aliphatic heterocycles. The molecule has 0 atom stereocenters. The molecule has 0 fully saturated rings. The molecule has 0 amide bonds. The molecule has 108 valence electrons. The van der Waals surface area contributed by atoms with Crippen molar-refractivity contribution in [2.45, 2.75) is 0 Å². The van der Waals surface area contributed by atoms with Gasteiger partial charge in [-0.3, -0.25) is 5.10 Å². The smallest absolute Gasteiger partial charge is 0.159 e. The molecule has 0 saturated carbocycles. The molecule has 2 aromatic heterocycles. The van der Waals surface area contributed by atoms with E-state index in [9.17, 15) is 8.78 Å². The molecule has 0 aliphatic rings. The SMILES string of the molecule is Fc1ccc(-c2csc(-c3n[nH]c4ccccc34)n2)cc1F. The van der Waals surface area contributed by atoms with E-state index in [1.807, 2.05) is 29.6 Å². The highest BCUT2D eigenvalue weighted by atomic mass is 32.1. The van der Waals surface area contributed by atoms with Gasteiger partial charge in [-0.05, 0) is 24.3 Å². The van der Waals surface area contributed by atoms with E-state index in [2.05, 4.69) is 15.2 Å². The lowest BCUT2D eigenvalue weighted by Crippen LogP contribution is -1.86. The van der Waals surface area contributed by atoms with Crippen LogP contribution >= 0.6 is 11.3 Å². The average Bonchev–Trinajstić information content (AvgIpc) is 3.16. The largest absolute Gasteiger partial charge is 0.277 e. The van der Waals surface area contributed by atoms with Gasteiger partial charge < -0.3 is 0 Å². The number of aromatic nitrogens is 3. The lowest BCUT2D eigenvalue weighted by atomic mass is 10.1. The third kappa shape index (κ3) is 2.08. The van der Waals surface area contributed by atoms with Crippen LogP contribution in [0.3, 0.4) is 0 Å². The molecule has 0 saturated heterocycles. The third-order valence-corrected chi connectivity index (χ3v) is 4.24. The lowest BCUT2D eigenvalue weighted by Gasteiger charge is -1.97. The summed E-state index contributed by atoms with van der Waals surface area (Å²) >= 11 is 1.42. The van der Waals surface area contributed by atoms with Crippen LogP contribution in [-0.4, -0.2) is 15.2 Å². The van der Waals surface area contributed by atoms with Gasteiger partial charge in [-0.25, -0.2) is 13.8 Å². The number of halogens is 2. The topological polar surface area (TPSA) is 41.6 Å².